The van der Waals surface area contributed by atoms with E-state index >= 15 is 0 Å². The topological polar surface area (TPSA) is 0 Å². The predicted molar refractivity (Wildman–Crippen MR) is 87.3 cm³/mol. The minimum atomic E-state index is -0.892. The fourth-order valence-corrected chi connectivity index (χ4v) is 5.49. The molecule has 19 heavy (non-hydrogen) atoms. The lowest BCUT2D eigenvalue weighted by atomic mass is 10.2. The Kier molecular flexibility index (Phi) is 4.71. The third-order valence-electron chi connectivity index (χ3n) is 3.63. The van der Waals surface area contributed by atoms with Gasteiger partial charge in [-0.3, -0.25) is 0 Å². The van der Waals surface area contributed by atoms with Gasteiger partial charge in [0.15, 0.2) is 0 Å². The van der Waals surface area contributed by atoms with Crippen LogP contribution in [-0.4, -0.2) is 12.0 Å². The first kappa shape index (κ1) is 14.2. The monoisotopic (exact) mass is 272 g/mol. The molecule has 0 nitrogen and oxygen atoms in total. The summed E-state index contributed by atoms with van der Waals surface area (Å²) in [6.45, 7) is 4.63. The van der Waals surface area contributed by atoms with E-state index in [4.69, 9.17) is 0 Å². The first-order chi connectivity index (χ1) is 9.13. The second-order valence-corrected chi connectivity index (χ2v) is 9.13. The van der Waals surface area contributed by atoms with Gasteiger partial charge >= 0.3 is 0 Å². The van der Waals surface area contributed by atoms with E-state index in [1.807, 2.05) is 0 Å². The van der Waals surface area contributed by atoms with E-state index in [1.54, 1.807) is 0 Å². The van der Waals surface area contributed by atoms with Gasteiger partial charge < -0.3 is 0 Å². The highest BCUT2D eigenvalue weighted by molar-refractivity contribution is 8.33. The van der Waals surface area contributed by atoms with Crippen molar-refractivity contribution in [2.24, 2.45) is 5.92 Å². The molecule has 0 aromatic heterocycles. The molecule has 0 N–H and O–H groups in total. The zero-order valence-corrected chi connectivity index (χ0v) is 13.0. The van der Waals surface area contributed by atoms with E-state index in [2.05, 4.69) is 80.8 Å². The maximum Gasteiger partial charge on any atom is -0.00617 e. The van der Waals surface area contributed by atoms with Gasteiger partial charge in [-0.2, -0.15) is 10.0 Å². The van der Waals surface area contributed by atoms with Crippen molar-refractivity contribution in [3.05, 3.63) is 60.7 Å². The molecule has 0 aliphatic carbocycles. The highest BCUT2D eigenvalue weighted by Gasteiger charge is 2.22. The second-order valence-electron chi connectivity index (χ2n) is 5.60. The SMILES string of the molecule is CC(C)CCS(C)(c1ccccc1)c1ccccc1. The molecule has 0 unspecified atom stereocenters. The molecule has 0 fully saturated rings. The summed E-state index contributed by atoms with van der Waals surface area (Å²) in [5.41, 5.74) is 0. The minimum absolute atomic E-state index is 0.763. The number of hydrogen-bond donors (Lipinski definition) is 0. The van der Waals surface area contributed by atoms with Crippen LogP contribution in [0.5, 0.6) is 0 Å². The zero-order valence-electron chi connectivity index (χ0n) is 12.2. The first-order valence-electron chi connectivity index (χ1n) is 6.99. The maximum atomic E-state index is 2.46. The Labute approximate surface area is 119 Å². The van der Waals surface area contributed by atoms with Crippen LogP contribution < -0.4 is 0 Å². The van der Waals surface area contributed by atoms with E-state index < -0.39 is 10.0 Å². The predicted octanol–water partition coefficient (Wildman–Crippen LogP) is 5.59. The van der Waals surface area contributed by atoms with E-state index in [0.717, 1.165) is 5.92 Å². The summed E-state index contributed by atoms with van der Waals surface area (Å²) in [5.74, 6) is 2.04. The Hall–Kier alpha value is -1.21. The summed E-state index contributed by atoms with van der Waals surface area (Å²) in [6.07, 6.45) is 3.75. The normalized spacial score (nSPS) is 12.6. The van der Waals surface area contributed by atoms with Gasteiger partial charge in [0.05, 0.1) is 0 Å². The second kappa shape index (κ2) is 6.29. The summed E-state index contributed by atoms with van der Waals surface area (Å²) < 4.78 is 0. The molecule has 0 saturated heterocycles. The molecule has 0 aliphatic rings. The molecular formula is C18H24S. The molecule has 102 valence electrons. The third kappa shape index (κ3) is 3.42. The summed E-state index contributed by atoms with van der Waals surface area (Å²) >= 11 is 0. The average molecular weight is 272 g/mol. The number of rotatable bonds is 5. The summed E-state index contributed by atoms with van der Waals surface area (Å²) in [6, 6.07) is 22.1. The third-order valence-corrected chi connectivity index (χ3v) is 7.31. The van der Waals surface area contributed by atoms with Crippen LogP contribution in [0, 0.1) is 5.92 Å². The van der Waals surface area contributed by atoms with Gasteiger partial charge in [0.2, 0.25) is 0 Å². The summed E-state index contributed by atoms with van der Waals surface area (Å²) in [7, 11) is -0.892. The lowest BCUT2D eigenvalue weighted by Gasteiger charge is -2.37. The van der Waals surface area contributed by atoms with Gasteiger partial charge in [0.25, 0.3) is 0 Å². The van der Waals surface area contributed by atoms with Gasteiger partial charge in [-0.25, -0.2) is 0 Å². The molecule has 2 aromatic carbocycles. The summed E-state index contributed by atoms with van der Waals surface area (Å²) in [4.78, 5) is 3.00. The molecule has 0 aliphatic heterocycles. The van der Waals surface area contributed by atoms with Gasteiger partial charge in [0, 0.05) is 0 Å². The van der Waals surface area contributed by atoms with Crippen molar-refractivity contribution in [1.82, 2.24) is 0 Å². The highest BCUT2D eigenvalue weighted by Crippen LogP contribution is 2.59. The highest BCUT2D eigenvalue weighted by atomic mass is 32.3. The van der Waals surface area contributed by atoms with Crippen LogP contribution in [0.4, 0.5) is 0 Å². The van der Waals surface area contributed by atoms with Crippen LogP contribution >= 0.6 is 10.0 Å². The Morgan fingerprint density at radius 2 is 1.21 bits per heavy atom. The van der Waals surface area contributed by atoms with Crippen LogP contribution in [0.2, 0.25) is 0 Å². The van der Waals surface area contributed by atoms with E-state index in [0.29, 0.717) is 0 Å². The van der Waals surface area contributed by atoms with Crippen LogP contribution in [0.15, 0.2) is 70.5 Å². The first-order valence-corrected chi connectivity index (χ1v) is 9.20. The molecule has 2 aromatic rings. The molecule has 0 bridgehead atoms. The van der Waals surface area contributed by atoms with Gasteiger partial charge in [0.1, 0.15) is 0 Å². The van der Waals surface area contributed by atoms with Crippen molar-refractivity contribution in [3.63, 3.8) is 0 Å². The van der Waals surface area contributed by atoms with Crippen LogP contribution in [0.25, 0.3) is 0 Å². The molecule has 2 rings (SSSR count). The van der Waals surface area contributed by atoms with Gasteiger partial charge in [-0.05, 0) is 58.4 Å². The van der Waals surface area contributed by atoms with Crippen LogP contribution in [0.3, 0.4) is 0 Å². The van der Waals surface area contributed by atoms with Crippen molar-refractivity contribution in [1.29, 1.82) is 0 Å². The Morgan fingerprint density at radius 3 is 1.58 bits per heavy atom. The van der Waals surface area contributed by atoms with Crippen LogP contribution in [-0.2, 0) is 0 Å². The fraction of sp³-hybridized carbons (Fsp3) is 0.333. The molecular weight excluding hydrogens is 248 g/mol. The molecule has 1 heteroatoms. The molecule has 0 heterocycles. The Morgan fingerprint density at radius 1 is 0.789 bits per heavy atom. The zero-order chi connectivity index (χ0) is 13.7. The van der Waals surface area contributed by atoms with Gasteiger partial charge in [-0.15, -0.1) is 0 Å². The van der Waals surface area contributed by atoms with Crippen molar-refractivity contribution in [2.45, 2.75) is 30.1 Å². The minimum Gasteiger partial charge on any atom is -0.191 e. The van der Waals surface area contributed by atoms with E-state index in [-0.39, 0.29) is 0 Å². The summed E-state index contributed by atoms with van der Waals surface area (Å²) in [5, 5.41) is 0. The fourth-order valence-electron chi connectivity index (χ4n) is 2.28. The van der Waals surface area contributed by atoms with E-state index in [1.165, 1.54) is 22.0 Å². The largest absolute Gasteiger partial charge is 0.191 e. The Bertz CT molecular complexity index is 448. The average Bonchev–Trinajstić information content (AvgIpc) is 2.46. The molecule has 0 radical (unpaired) electrons. The lowest BCUT2D eigenvalue weighted by molar-refractivity contribution is 0.630. The quantitative estimate of drug-likeness (QED) is 0.666. The molecule has 0 amide bonds. The lowest BCUT2D eigenvalue weighted by Crippen LogP contribution is -2.07. The standard InChI is InChI=1S/C18H24S/c1-16(2)14-15-19(3,17-10-6-4-7-11-17)18-12-8-5-9-13-18/h4-13,16H,14-15H2,1-3H3. The molecule has 0 spiro atoms. The van der Waals surface area contributed by atoms with Gasteiger partial charge in [-0.1, -0.05) is 50.2 Å². The molecule has 0 saturated carbocycles. The van der Waals surface area contributed by atoms with Crippen LogP contribution in [0.1, 0.15) is 20.3 Å². The van der Waals surface area contributed by atoms with Crippen molar-refractivity contribution >= 4 is 10.0 Å². The maximum absolute atomic E-state index is 2.46. The van der Waals surface area contributed by atoms with Crippen molar-refractivity contribution in [3.8, 4) is 0 Å². The number of benzene rings is 2. The van der Waals surface area contributed by atoms with Crippen molar-refractivity contribution in [2.75, 3.05) is 12.0 Å². The number of hydrogen-bond acceptors (Lipinski definition) is 0. The molecule has 0 atom stereocenters. The Balaban J connectivity index is 2.39. The van der Waals surface area contributed by atoms with E-state index in [9.17, 15) is 0 Å². The van der Waals surface area contributed by atoms with Crippen molar-refractivity contribution < 1.29 is 0 Å². The smallest absolute Gasteiger partial charge is 0.00617 e.